The fourth-order valence-electron chi connectivity index (χ4n) is 3.59. The molecule has 3 rings (SSSR count). The third kappa shape index (κ3) is 2.84. The van der Waals surface area contributed by atoms with Crippen LogP contribution in [0.1, 0.15) is 29.7 Å². The number of H-pyrrole nitrogens is 1. The monoisotopic (exact) mass is 331 g/mol. The summed E-state index contributed by atoms with van der Waals surface area (Å²) in [5.41, 5.74) is 8.71. The molecule has 2 aromatic rings. The zero-order valence-corrected chi connectivity index (χ0v) is 14.6. The van der Waals surface area contributed by atoms with Crippen LogP contribution in [0.4, 0.5) is 0 Å². The number of amides is 1. The van der Waals surface area contributed by atoms with Crippen LogP contribution in [0.5, 0.6) is 0 Å². The molecule has 0 bridgehead atoms. The Bertz CT molecular complexity index is 828. The molecule has 2 aromatic heterocycles. The van der Waals surface area contributed by atoms with Gasteiger partial charge in [0, 0.05) is 25.8 Å². The number of pyridine rings is 1. The maximum absolute atomic E-state index is 12.7. The molecule has 1 aliphatic rings. The molecular weight excluding hydrogens is 306 g/mol. The summed E-state index contributed by atoms with van der Waals surface area (Å²) in [6.45, 7) is 6.01. The van der Waals surface area contributed by atoms with Crippen molar-refractivity contribution in [1.29, 1.82) is 0 Å². The summed E-state index contributed by atoms with van der Waals surface area (Å²) in [7, 11) is 1.77. The second-order valence-electron chi connectivity index (χ2n) is 6.74. The first-order valence-corrected chi connectivity index (χ1v) is 8.45. The summed E-state index contributed by atoms with van der Waals surface area (Å²) in [4.78, 5) is 31.2. The Kier molecular flexibility index (Phi) is 4.45. The van der Waals surface area contributed by atoms with Crippen molar-refractivity contribution in [2.75, 3.05) is 19.6 Å². The lowest BCUT2D eigenvalue weighted by Gasteiger charge is -2.31. The van der Waals surface area contributed by atoms with Gasteiger partial charge >= 0.3 is 0 Å². The van der Waals surface area contributed by atoms with Crippen molar-refractivity contribution in [3.05, 3.63) is 27.2 Å². The Morgan fingerprint density at radius 2 is 2.00 bits per heavy atom. The summed E-state index contributed by atoms with van der Waals surface area (Å²) in [5.74, 6) is 0.628. The maximum atomic E-state index is 12.7. The lowest BCUT2D eigenvalue weighted by Crippen LogP contribution is -2.41. The molecule has 0 unspecified atom stereocenters. The number of piperidine rings is 1. The number of carbonyl (C=O) groups excluding carboxylic acids is 1. The molecule has 0 spiro atoms. The molecule has 0 atom stereocenters. The number of aromatic amines is 1. The van der Waals surface area contributed by atoms with Crippen molar-refractivity contribution >= 4 is 16.9 Å². The summed E-state index contributed by atoms with van der Waals surface area (Å²) in [6.07, 6.45) is 2.23. The average Bonchev–Trinajstić information content (AvgIpc) is 2.85. The number of hydrogen-bond acceptors (Lipinski definition) is 4. The highest BCUT2D eigenvalue weighted by Gasteiger charge is 2.24. The number of carbonyl (C=O) groups is 1. The van der Waals surface area contributed by atoms with Gasteiger partial charge in [0.1, 0.15) is 0 Å². The van der Waals surface area contributed by atoms with E-state index in [-0.39, 0.29) is 11.5 Å². The Labute approximate surface area is 140 Å². The minimum atomic E-state index is -0.157. The van der Waals surface area contributed by atoms with Gasteiger partial charge in [0.25, 0.3) is 5.56 Å². The molecule has 130 valence electrons. The number of nitrogens with two attached hydrogens (primary N) is 1. The molecule has 1 fully saturated rings. The Morgan fingerprint density at radius 3 is 2.62 bits per heavy atom. The van der Waals surface area contributed by atoms with Gasteiger partial charge in [-0.25, -0.2) is 4.98 Å². The summed E-state index contributed by atoms with van der Waals surface area (Å²) >= 11 is 0. The topological polar surface area (TPSA) is 97.0 Å². The fourth-order valence-corrected chi connectivity index (χ4v) is 3.59. The molecule has 0 aliphatic carbocycles. The highest BCUT2D eigenvalue weighted by Crippen LogP contribution is 2.22. The number of nitrogens with one attached hydrogen (secondary N) is 1. The van der Waals surface area contributed by atoms with Crippen LogP contribution < -0.4 is 11.3 Å². The Morgan fingerprint density at radius 1 is 1.33 bits per heavy atom. The second kappa shape index (κ2) is 6.39. The van der Waals surface area contributed by atoms with Gasteiger partial charge in [0.15, 0.2) is 5.65 Å². The van der Waals surface area contributed by atoms with Crippen LogP contribution in [0.2, 0.25) is 0 Å². The van der Waals surface area contributed by atoms with Crippen LogP contribution in [-0.4, -0.2) is 45.2 Å². The van der Waals surface area contributed by atoms with E-state index in [1.807, 2.05) is 18.7 Å². The zero-order chi connectivity index (χ0) is 17.4. The van der Waals surface area contributed by atoms with Gasteiger partial charge in [-0.2, -0.15) is 0 Å². The highest BCUT2D eigenvalue weighted by molar-refractivity contribution is 5.84. The molecule has 1 saturated heterocycles. The number of hydrogen-bond donors (Lipinski definition) is 2. The van der Waals surface area contributed by atoms with Crippen molar-refractivity contribution in [2.24, 2.45) is 18.7 Å². The number of rotatable bonds is 3. The van der Waals surface area contributed by atoms with E-state index in [1.54, 1.807) is 11.7 Å². The molecule has 3 heterocycles. The predicted octanol–water partition coefficient (Wildman–Crippen LogP) is 0.618. The smallest absolute Gasteiger partial charge is 0.273 e. The normalized spacial score (nSPS) is 16.1. The summed E-state index contributed by atoms with van der Waals surface area (Å²) in [5, 5.41) is 3.31. The SMILES string of the molecule is Cc1nc2c(c(C)c1CC(=O)N1CCC(CN)CC1)c(=O)[nH]n2C. The van der Waals surface area contributed by atoms with E-state index in [0.717, 1.165) is 42.8 Å². The summed E-state index contributed by atoms with van der Waals surface area (Å²) in [6, 6.07) is 0. The van der Waals surface area contributed by atoms with Gasteiger partial charge in [0.05, 0.1) is 11.8 Å². The van der Waals surface area contributed by atoms with Gasteiger partial charge in [0.2, 0.25) is 5.91 Å². The van der Waals surface area contributed by atoms with Crippen molar-refractivity contribution in [3.8, 4) is 0 Å². The molecule has 0 aromatic carbocycles. The average molecular weight is 331 g/mol. The Hall–Kier alpha value is -2.15. The van der Waals surface area contributed by atoms with E-state index in [2.05, 4.69) is 10.1 Å². The van der Waals surface area contributed by atoms with Crippen molar-refractivity contribution in [2.45, 2.75) is 33.1 Å². The van der Waals surface area contributed by atoms with E-state index in [4.69, 9.17) is 5.73 Å². The van der Waals surface area contributed by atoms with Crippen LogP contribution >= 0.6 is 0 Å². The first kappa shape index (κ1) is 16.7. The third-order valence-electron chi connectivity index (χ3n) is 5.20. The summed E-state index contributed by atoms with van der Waals surface area (Å²) < 4.78 is 1.63. The lowest BCUT2D eigenvalue weighted by atomic mass is 9.96. The van der Waals surface area contributed by atoms with Crippen LogP contribution in [-0.2, 0) is 18.3 Å². The number of nitrogens with zero attached hydrogens (tertiary/aromatic N) is 3. The molecule has 7 heteroatoms. The number of likely N-dealkylation sites (tertiary alicyclic amines) is 1. The largest absolute Gasteiger partial charge is 0.342 e. The molecule has 1 aliphatic heterocycles. The minimum Gasteiger partial charge on any atom is -0.342 e. The molecule has 0 radical (unpaired) electrons. The zero-order valence-electron chi connectivity index (χ0n) is 14.6. The van der Waals surface area contributed by atoms with Gasteiger partial charge in [-0.3, -0.25) is 19.4 Å². The molecule has 3 N–H and O–H groups in total. The minimum absolute atomic E-state index is 0.102. The predicted molar refractivity (Wildman–Crippen MR) is 92.9 cm³/mol. The fraction of sp³-hybridized carbons (Fsp3) is 0.588. The third-order valence-corrected chi connectivity index (χ3v) is 5.20. The maximum Gasteiger partial charge on any atom is 0.273 e. The standard InChI is InChI=1S/C17H25N5O2/c1-10-13(8-14(23)22-6-4-12(9-18)5-7-22)11(2)19-16-15(10)17(24)20-21(16)3/h12H,4-9,18H2,1-3H3,(H,20,24). The first-order chi connectivity index (χ1) is 11.4. The van der Waals surface area contributed by atoms with E-state index >= 15 is 0 Å². The van der Waals surface area contributed by atoms with E-state index < -0.39 is 0 Å². The number of fused-ring (bicyclic) bond motifs is 1. The van der Waals surface area contributed by atoms with Crippen LogP contribution in [0, 0.1) is 19.8 Å². The number of aryl methyl sites for hydroxylation is 3. The van der Waals surface area contributed by atoms with Gasteiger partial charge in [-0.1, -0.05) is 0 Å². The van der Waals surface area contributed by atoms with Crippen LogP contribution in [0.25, 0.3) is 11.0 Å². The quantitative estimate of drug-likeness (QED) is 0.861. The van der Waals surface area contributed by atoms with E-state index in [0.29, 0.717) is 29.9 Å². The van der Waals surface area contributed by atoms with Gasteiger partial charge in [-0.05, 0) is 50.3 Å². The van der Waals surface area contributed by atoms with Crippen molar-refractivity contribution in [1.82, 2.24) is 19.7 Å². The van der Waals surface area contributed by atoms with E-state index in [1.165, 1.54) is 0 Å². The molecule has 1 amide bonds. The van der Waals surface area contributed by atoms with Gasteiger partial charge < -0.3 is 10.6 Å². The first-order valence-electron chi connectivity index (χ1n) is 8.45. The molecular formula is C17H25N5O2. The number of aromatic nitrogens is 3. The van der Waals surface area contributed by atoms with E-state index in [9.17, 15) is 9.59 Å². The Balaban J connectivity index is 1.86. The molecule has 0 saturated carbocycles. The van der Waals surface area contributed by atoms with Crippen LogP contribution in [0.15, 0.2) is 4.79 Å². The highest BCUT2D eigenvalue weighted by atomic mass is 16.2. The molecule has 24 heavy (non-hydrogen) atoms. The lowest BCUT2D eigenvalue weighted by molar-refractivity contribution is -0.131. The van der Waals surface area contributed by atoms with Crippen molar-refractivity contribution < 1.29 is 4.79 Å². The second-order valence-corrected chi connectivity index (χ2v) is 6.74. The van der Waals surface area contributed by atoms with Crippen LogP contribution in [0.3, 0.4) is 0 Å². The van der Waals surface area contributed by atoms with Gasteiger partial charge in [-0.15, -0.1) is 0 Å². The molecule has 7 nitrogen and oxygen atoms in total. The van der Waals surface area contributed by atoms with Crippen molar-refractivity contribution in [3.63, 3.8) is 0 Å².